The molecule has 49 heavy (non-hydrogen) atoms. The summed E-state index contributed by atoms with van der Waals surface area (Å²) in [5.41, 5.74) is 2.06. The normalized spacial score (nSPS) is 12.0. The number of amides is 2. The molecule has 0 unspecified atom stereocenters. The van der Waals surface area contributed by atoms with Gasteiger partial charge in [-0.2, -0.15) is 0 Å². The Kier molecular flexibility index (Phi) is 10.8. The van der Waals surface area contributed by atoms with Crippen molar-refractivity contribution < 1.29 is 18.0 Å². The number of fused-ring (bicyclic) bond motifs is 1. The molecule has 5 rings (SSSR count). The number of rotatable bonds is 13. The van der Waals surface area contributed by atoms with Crippen molar-refractivity contribution in [2.75, 3.05) is 44.4 Å². The van der Waals surface area contributed by atoms with Crippen molar-refractivity contribution in [1.29, 1.82) is 0 Å². The Morgan fingerprint density at radius 2 is 1.65 bits per heavy atom. The SMILES string of the molecule is CN(C)C/C=C/C(=O)Nc1ccc(C(=O)NCC(C)(C)CNc2ncc(Cl)c(-c3cn(S(=O)(=O)c4ccccc4)c4ccccc34)n2)cc1. The van der Waals surface area contributed by atoms with Gasteiger partial charge in [-0.3, -0.25) is 9.59 Å². The number of likely N-dealkylation sites (N-methyl/N-ethyl adjacent to an activating group) is 1. The van der Waals surface area contributed by atoms with Crippen LogP contribution in [0.15, 0.2) is 108 Å². The molecule has 0 spiro atoms. The van der Waals surface area contributed by atoms with E-state index in [1.807, 2.05) is 45.0 Å². The molecule has 0 radical (unpaired) electrons. The van der Waals surface area contributed by atoms with Crippen LogP contribution in [0.2, 0.25) is 5.02 Å². The minimum absolute atomic E-state index is 0.164. The van der Waals surface area contributed by atoms with E-state index in [4.69, 9.17) is 11.6 Å². The first-order valence-electron chi connectivity index (χ1n) is 15.5. The summed E-state index contributed by atoms with van der Waals surface area (Å²) in [6.45, 7) is 5.38. The van der Waals surface area contributed by atoms with E-state index in [1.165, 1.54) is 22.4 Å². The predicted molar refractivity (Wildman–Crippen MR) is 194 cm³/mol. The van der Waals surface area contributed by atoms with Gasteiger partial charge in [0.05, 0.1) is 27.3 Å². The average molecular weight is 700 g/mol. The van der Waals surface area contributed by atoms with Gasteiger partial charge in [-0.1, -0.05) is 67.9 Å². The Hall–Kier alpha value is -5.04. The summed E-state index contributed by atoms with van der Waals surface area (Å²) in [6.07, 6.45) is 6.26. The number of halogens is 1. The Balaban J connectivity index is 1.24. The van der Waals surface area contributed by atoms with Gasteiger partial charge in [-0.05, 0) is 62.0 Å². The standard InChI is InChI=1S/C36H38ClN7O4S/c1-36(2,23-39-34(46)25-16-18-26(19-17-25)41-32(45)15-10-20-43(3)4)24-40-35-38-21-30(37)33(42-35)29-22-44(31-14-9-8-13-28(29)31)49(47,48)27-11-6-5-7-12-27/h5-19,21-22H,20,23-24H2,1-4H3,(H,39,46)(H,41,45)(H,38,40,42)/b15-10+. The van der Waals surface area contributed by atoms with Crippen molar-refractivity contribution >= 4 is 56.0 Å². The van der Waals surface area contributed by atoms with Gasteiger partial charge in [-0.15, -0.1) is 0 Å². The summed E-state index contributed by atoms with van der Waals surface area (Å²) in [7, 11) is -0.0567. The zero-order chi connectivity index (χ0) is 35.2. The maximum absolute atomic E-state index is 13.6. The second kappa shape index (κ2) is 15.0. The number of nitrogens with one attached hydrogen (secondary N) is 3. The fraction of sp³-hybridized carbons (Fsp3) is 0.222. The van der Waals surface area contributed by atoms with Crippen molar-refractivity contribution in [3.05, 3.63) is 114 Å². The minimum atomic E-state index is -3.89. The van der Waals surface area contributed by atoms with Gasteiger partial charge in [-0.25, -0.2) is 22.4 Å². The molecule has 2 aromatic heterocycles. The minimum Gasteiger partial charge on any atom is -0.354 e. The molecular formula is C36H38ClN7O4S. The Morgan fingerprint density at radius 1 is 0.959 bits per heavy atom. The fourth-order valence-corrected chi connectivity index (χ4v) is 6.53. The van der Waals surface area contributed by atoms with Crippen LogP contribution in [-0.2, 0) is 14.8 Å². The number of hydrogen-bond donors (Lipinski definition) is 3. The summed E-state index contributed by atoms with van der Waals surface area (Å²) in [4.78, 5) is 36.1. The lowest BCUT2D eigenvalue weighted by Crippen LogP contribution is -2.38. The van der Waals surface area contributed by atoms with Gasteiger partial charge >= 0.3 is 0 Å². The molecule has 0 aliphatic rings. The van der Waals surface area contributed by atoms with Gasteiger partial charge in [0.15, 0.2) is 0 Å². The molecule has 5 aromatic rings. The second-order valence-corrected chi connectivity index (χ2v) is 14.7. The van der Waals surface area contributed by atoms with Gasteiger partial charge in [0, 0.05) is 54.1 Å². The molecule has 0 saturated heterocycles. The molecular weight excluding hydrogens is 662 g/mol. The Labute approximate surface area is 291 Å². The van der Waals surface area contributed by atoms with E-state index in [1.54, 1.807) is 72.8 Å². The van der Waals surface area contributed by atoms with Crippen LogP contribution in [0, 0.1) is 5.41 Å². The number of nitrogens with zero attached hydrogens (tertiary/aromatic N) is 4. The molecule has 3 N–H and O–H groups in total. The first-order valence-corrected chi connectivity index (χ1v) is 17.3. The van der Waals surface area contributed by atoms with E-state index >= 15 is 0 Å². The number of anilines is 2. The number of carbonyl (C=O) groups excluding carboxylic acids is 2. The van der Waals surface area contributed by atoms with Crippen LogP contribution in [-0.4, -0.2) is 72.8 Å². The van der Waals surface area contributed by atoms with Crippen LogP contribution >= 0.6 is 11.6 Å². The molecule has 0 fully saturated rings. The second-order valence-electron chi connectivity index (χ2n) is 12.5. The molecule has 2 amide bonds. The Bertz CT molecular complexity index is 2100. The summed E-state index contributed by atoms with van der Waals surface area (Å²) in [5.74, 6) is -0.188. The summed E-state index contributed by atoms with van der Waals surface area (Å²) in [6, 6.07) is 22.1. The van der Waals surface area contributed by atoms with Crippen molar-refractivity contribution in [3.63, 3.8) is 0 Å². The van der Waals surface area contributed by atoms with Crippen LogP contribution in [0.1, 0.15) is 24.2 Å². The molecule has 0 aliphatic heterocycles. The maximum atomic E-state index is 13.6. The molecule has 2 heterocycles. The highest BCUT2D eigenvalue weighted by Crippen LogP contribution is 2.35. The van der Waals surface area contributed by atoms with E-state index in [0.29, 0.717) is 59.0 Å². The summed E-state index contributed by atoms with van der Waals surface area (Å²) >= 11 is 6.59. The van der Waals surface area contributed by atoms with Crippen LogP contribution in [0.25, 0.3) is 22.2 Å². The molecule has 0 saturated carbocycles. The van der Waals surface area contributed by atoms with E-state index in [9.17, 15) is 18.0 Å². The largest absolute Gasteiger partial charge is 0.354 e. The first kappa shape index (κ1) is 35.3. The maximum Gasteiger partial charge on any atom is 0.268 e. The summed E-state index contributed by atoms with van der Waals surface area (Å²) < 4.78 is 28.4. The first-order chi connectivity index (χ1) is 23.3. The Morgan fingerprint density at radius 3 is 2.37 bits per heavy atom. The third-order valence-corrected chi connectivity index (χ3v) is 9.55. The average Bonchev–Trinajstić information content (AvgIpc) is 3.48. The fourth-order valence-electron chi connectivity index (χ4n) is 4.95. The lowest BCUT2D eigenvalue weighted by molar-refractivity contribution is -0.111. The van der Waals surface area contributed by atoms with Crippen LogP contribution in [0.3, 0.4) is 0 Å². The van der Waals surface area contributed by atoms with Crippen LogP contribution in [0.5, 0.6) is 0 Å². The van der Waals surface area contributed by atoms with Crippen LogP contribution < -0.4 is 16.0 Å². The third kappa shape index (κ3) is 8.71. The van der Waals surface area contributed by atoms with Crippen molar-refractivity contribution in [1.82, 2.24) is 24.2 Å². The van der Waals surface area contributed by atoms with E-state index < -0.39 is 15.4 Å². The number of aromatic nitrogens is 3. The van der Waals surface area contributed by atoms with E-state index in [-0.39, 0.29) is 21.7 Å². The predicted octanol–water partition coefficient (Wildman–Crippen LogP) is 5.91. The topological polar surface area (TPSA) is 138 Å². The summed E-state index contributed by atoms with van der Waals surface area (Å²) in [5, 5.41) is 9.92. The molecule has 11 nitrogen and oxygen atoms in total. The van der Waals surface area contributed by atoms with Crippen molar-refractivity contribution in [2.24, 2.45) is 5.41 Å². The van der Waals surface area contributed by atoms with Crippen LogP contribution in [0.4, 0.5) is 11.6 Å². The number of benzene rings is 3. The smallest absolute Gasteiger partial charge is 0.268 e. The number of para-hydroxylation sites is 1. The zero-order valence-corrected chi connectivity index (χ0v) is 29.2. The quantitative estimate of drug-likeness (QED) is 0.129. The van der Waals surface area contributed by atoms with Gasteiger partial charge in [0.2, 0.25) is 11.9 Å². The van der Waals surface area contributed by atoms with Crippen molar-refractivity contribution in [2.45, 2.75) is 18.7 Å². The van der Waals surface area contributed by atoms with E-state index in [0.717, 1.165) is 0 Å². The van der Waals surface area contributed by atoms with Gasteiger partial charge in [0.25, 0.3) is 15.9 Å². The molecule has 0 aliphatic carbocycles. The molecule has 0 atom stereocenters. The van der Waals surface area contributed by atoms with Crippen molar-refractivity contribution in [3.8, 4) is 11.3 Å². The highest BCUT2D eigenvalue weighted by molar-refractivity contribution is 7.90. The molecule has 0 bridgehead atoms. The molecule has 13 heteroatoms. The highest BCUT2D eigenvalue weighted by atomic mass is 35.5. The monoisotopic (exact) mass is 699 g/mol. The lowest BCUT2D eigenvalue weighted by atomic mass is 9.93. The molecule has 3 aromatic carbocycles. The number of hydrogen-bond acceptors (Lipinski definition) is 8. The number of carbonyl (C=O) groups is 2. The third-order valence-electron chi connectivity index (χ3n) is 7.58. The lowest BCUT2D eigenvalue weighted by Gasteiger charge is -2.25. The van der Waals surface area contributed by atoms with Gasteiger partial charge in [0.1, 0.15) is 0 Å². The van der Waals surface area contributed by atoms with Gasteiger partial charge < -0.3 is 20.9 Å². The zero-order valence-electron chi connectivity index (χ0n) is 27.6. The highest BCUT2D eigenvalue weighted by Gasteiger charge is 2.24. The molecule has 254 valence electrons. The van der Waals surface area contributed by atoms with E-state index in [2.05, 4.69) is 25.9 Å².